The van der Waals surface area contributed by atoms with Crippen molar-refractivity contribution in [3.05, 3.63) is 54.0 Å². The third kappa shape index (κ3) is 4.42. The van der Waals surface area contributed by atoms with Gasteiger partial charge < -0.3 is 19.6 Å². The lowest BCUT2D eigenvalue weighted by Crippen LogP contribution is -2.38. The summed E-state index contributed by atoms with van der Waals surface area (Å²) in [6.45, 7) is 6.80. The smallest absolute Gasteiger partial charge is 0.321 e. The lowest BCUT2D eigenvalue weighted by atomic mass is 10.2. The standard InChI is InChI=1S/C22H26N6O2/c1-3-19-25-21(30-26-19)18-6-4-11-23-20(18)27-12-5-13-28(15-14-27)22(29)24-17-9-7-16(2)8-10-17/h4,6-11H,3,5,12-15H2,1-2H3,(H,24,29). The Morgan fingerprint density at radius 1 is 1.13 bits per heavy atom. The summed E-state index contributed by atoms with van der Waals surface area (Å²) in [5, 5.41) is 6.99. The van der Waals surface area contributed by atoms with Crippen molar-refractivity contribution in [2.24, 2.45) is 0 Å². The van der Waals surface area contributed by atoms with Gasteiger partial charge in [0.2, 0.25) is 0 Å². The Balaban J connectivity index is 1.46. The molecule has 1 saturated heterocycles. The number of pyridine rings is 1. The van der Waals surface area contributed by atoms with Gasteiger partial charge >= 0.3 is 6.03 Å². The first-order valence-electron chi connectivity index (χ1n) is 10.3. The second-order valence-corrected chi connectivity index (χ2v) is 7.37. The minimum absolute atomic E-state index is 0.0774. The van der Waals surface area contributed by atoms with Gasteiger partial charge in [-0.2, -0.15) is 4.98 Å². The van der Waals surface area contributed by atoms with Crippen LogP contribution in [0.4, 0.5) is 16.3 Å². The normalized spacial score (nSPS) is 14.5. The minimum Gasteiger partial charge on any atom is -0.354 e. The summed E-state index contributed by atoms with van der Waals surface area (Å²) < 4.78 is 5.44. The third-order valence-corrected chi connectivity index (χ3v) is 5.19. The van der Waals surface area contributed by atoms with Crippen molar-refractivity contribution in [1.29, 1.82) is 0 Å². The van der Waals surface area contributed by atoms with E-state index in [-0.39, 0.29) is 6.03 Å². The lowest BCUT2D eigenvalue weighted by Gasteiger charge is -2.24. The Bertz CT molecular complexity index is 1000. The van der Waals surface area contributed by atoms with E-state index in [9.17, 15) is 4.79 Å². The largest absolute Gasteiger partial charge is 0.354 e. The molecule has 1 aromatic carbocycles. The summed E-state index contributed by atoms with van der Waals surface area (Å²) in [5.41, 5.74) is 2.79. The monoisotopic (exact) mass is 406 g/mol. The SMILES string of the molecule is CCc1noc(-c2cccnc2N2CCCN(C(=O)Nc3ccc(C)cc3)CC2)n1. The van der Waals surface area contributed by atoms with Crippen molar-refractivity contribution in [3.8, 4) is 11.5 Å². The van der Waals surface area contributed by atoms with Crippen molar-refractivity contribution < 1.29 is 9.32 Å². The van der Waals surface area contributed by atoms with Crippen LogP contribution in [-0.4, -0.2) is 52.2 Å². The molecule has 0 bridgehead atoms. The topological polar surface area (TPSA) is 87.4 Å². The number of aromatic nitrogens is 3. The van der Waals surface area contributed by atoms with Crippen LogP contribution in [0.2, 0.25) is 0 Å². The maximum atomic E-state index is 12.7. The van der Waals surface area contributed by atoms with Gasteiger partial charge in [-0.3, -0.25) is 0 Å². The molecule has 8 heteroatoms. The van der Waals surface area contributed by atoms with Gasteiger partial charge in [-0.05, 0) is 37.6 Å². The molecule has 4 rings (SSSR count). The fourth-order valence-electron chi connectivity index (χ4n) is 3.49. The number of hydrogen-bond acceptors (Lipinski definition) is 6. The molecule has 30 heavy (non-hydrogen) atoms. The van der Waals surface area contributed by atoms with Crippen LogP contribution in [0.5, 0.6) is 0 Å². The molecule has 0 saturated carbocycles. The predicted molar refractivity (Wildman–Crippen MR) is 116 cm³/mol. The van der Waals surface area contributed by atoms with Crippen molar-refractivity contribution in [2.75, 3.05) is 36.4 Å². The van der Waals surface area contributed by atoms with E-state index in [0.717, 1.165) is 35.6 Å². The number of carbonyl (C=O) groups is 1. The molecule has 3 aromatic rings. The summed E-state index contributed by atoms with van der Waals surface area (Å²) in [4.78, 5) is 25.8. The molecule has 0 unspecified atom stereocenters. The van der Waals surface area contributed by atoms with E-state index >= 15 is 0 Å². The predicted octanol–water partition coefficient (Wildman–Crippen LogP) is 3.75. The fourth-order valence-corrected chi connectivity index (χ4v) is 3.49. The van der Waals surface area contributed by atoms with Gasteiger partial charge in [0.25, 0.3) is 5.89 Å². The molecule has 0 aliphatic carbocycles. The summed E-state index contributed by atoms with van der Waals surface area (Å²) in [7, 11) is 0. The van der Waals surface area contributed by atoms with E-state index in [0.29, 0.717) is 37.8 Å². The number of carbonyl (C=O) groups excluding carboxylic acids is 1. The molecular weight excluding hydrogens is 380 g/mol. The molecule has 2 amide bonds. The van der Waals surface area contributed by atoms with Crippen LogP contribution in [0, 0.1) is 6.92 Å². The summed E-state index contributed by atoms with van der Waals surface area (Å²) in [6, 6.07) is 11.6. The van der Waals surface area contributed by atoms with Gasteiger partial charge in [0.05, 0.1) is 5.56 Å². The number of hydrogen-bond donors (Lipinski definition) is 1. The summed E-state index contributed by atoms with van der Waals surface area (Å²) in [5.74, 6) is 1.97. The maximum absolute atomic E-state index is 12.7. The zero-order valence-corrected chi connectivity index (χ0v) is 17.3. The molecule has 1 N–H and O–H groups in total. The minimum atomic E-state index is -0.0774. The molecule has 1 aliphatic heterocycles. The Morgan fingerprint density at radius 3 is 2.73 bits per heavy atom. The van der Waals surface area contributed by atoms with Gasteiger partial charge in [0.1, 0.15) is 5.82 Å². The maximum Gasteiger partial charge on any atom is 0.321 e. The highest BCUT2D eigenvalue weighted by atomic mass is 16.5. The third-order valence-electron chi connectivity index (χ3n) is 5.19. The summed E-state index contributed by atoms with van der Waals surface area (Å²) >= 11 is 0. The van der Waals surface area contributed by atoms with E-state index in [4.69, 9.17) is 4.52 Å². The number of nitrogens with zero attached hydrogens (tertiary/aromatic N) is 5. The van der Waals surface area contributed by atoms with Crippen LogP contribution in [0.15, 0.2) is 47.1 Å². The number of aryl methyl sites for hydroxylation is 2. The molecule has 1 fully saturated rings. The molecule has 0 radical (unpaired) electrons. The van der Waals surface area contributed by atoms with Gasteiger partial charge in [-0.1, -0.05) is 29.8 Å². The first-order chi connectivity index (χ1) is 14.6. The van der Waals surface area contributed by atoms with Gasteiger partial charge in [-0.15, -0.1) is 0 Å². The van der Waals surface area contributed by atoms with Crippen LogP contribution in [-0.2, 0) is 6.42 Å². The molecule has 156 valence electrons. The Kier molecular flexibility index (Phi) is 5.92. The number of amides is 2. The van der Waals surface area contributed by atoms with E-state index in [1.54, 1.807) is 6.20 Å². The van der Waals surface area contributed by atoms with Crippen molar-refractivity contribution >= 4 is 17.5 Å². The van der Waals surface area contributed by atoms with E-state index in [2.05, 4.69) is 25.3 Å². The number of urea groups is 1. The van der Waals surface area contributed by atoms with Gasteiger partial charge in [0.15, 0.2) is 5.82 Å². The molecule has 0 spiro atoms. The second kappa shape index (κ2) is 8.94. The molecule has 8 nitrogen and oxygen atoms in total. The highest BCUT2D eigenvalue weighted by Gasteiger charge is 2.23. The van der Waals surface area contributed by atoms with E-state index in [1.165, 1.54) is 0 Å². The van der Waals surface area contributed by atoms with Gasteiger partial charge in [0, 0.05) is 44.5 Å². The molecule has 1 aliphatic rings. The summed E-state index contributed by atoms with van der Waals surface area (Å²) in [6.07, 6.45) is 3.33. The fraction of sp³-hybridized carbons (Fsp3) is 0.364. The van der Waals surface area contributed by atoms with Crippen LogP contribution in [0.1, 0.15) is 24.7 Å². The number of anilines is 2. The van der Waals surface area contributed by atoms with Crippen molar-refractivity contribution in [2.45, 2.75) is 26.7 Å². The van der Waals surface area contributed by atoms with E-state index in [1.807, 2.05) is 55.1 Å². The molecule has 2 aromatic heterocycles. The average molecular weight is 406 g/mol. The van der Waals surface area contributed by atoms with Crippen molar-refractivity contribution in [3.63, 3.8) is 0 Å². The van der Waals surface area contributed by atoms with Crippen LogP contribution in [0.3, 0.4) is 0 Å². The Hall–Kier alpha value is -3.42. The molecule has 3 heterocycles. The Labute approximate surface area is 175 Å². The van der Waals surface area contributed by atoms with Gasteiger partial charge in [-0.25, -0.2) is 9.78 Å². The first kappa shape index (κ1) is 19.9. The lowest BCUT2D eigenvalue weighted by molar-refractivity contribution is 0.215. The van der Waals surface area contributed by atoms with Crippen LogP contribution < -0.4 is 10.2 Å². The highest BCUT2D eigenvalue weighted by molar-refractivity contribution is 5.89. The quantitative estimate of drug-likeness (QED) is 0.710. The number of benzene rings is 1. The zero-order chi connectivity index (χ0) is 20.9. The highest BCUT2D eigenvalue weighted by Crippen LogP contribution is 2.28. The Morgan fingerprint density at radius 2 is 1.97 bits per heavy atom. The van der Waals surface area contributed by atoms with Crippen molar-refractivity contribution in [1.82, 2.24) is 20.0 Å². The van der Waals surface area contributed by atoms with E-state index < -0.39 is 0 Å². The van der Waals surface area contributed by atoms with Crippen LogP contribution >= 0.6 is 0 Å². The number of rotatable bonds is 4. The molecule has 0 atom stereocenters. The zero-order valence-electron chi connectivity index (χ0n) is 17.3. The average Bonchev–Trinajstić information content (AvgIpc) is 3.12. The molecular formula is C22H26N6O2. The van der Waals surface area contributed by atoms with Crippen LogP contribution in [0.25, 0.3) is 11.5 Å². The number of nitrogens with one attached hydrogen (secondary N) is 1. The second-order valence-electron chi connectivity index (χ2n) is 7.37. The first-order valence-corrected chi connectivity index (χ1v) is 10.3.